The van der Waals surface area contributed by atoms with Crippen molar-refractivity contribution in [2.45, 2.75) is 64.0 Å². The second kappa shape index (κ2) is 14.4. The van der Waals surface area contributed by atoms with E-state index in [0.29, 0.717) is 11.6 Å². The molecule has 3 amide bonds. The van der Waals surface area contributed by atoms with Crippen molar-refractivity contribution in [1.82, 2.24) is 25.1 Å². The van der Waals surface area contributed by atoms with Crippen molar-refractivity contribution in [2.75, 3.05) is 38.1 Å². The summed E-state index contributed by atoms with van der Waals surface area (Å²) in [6.07, 6.45) is 4.67. The first-order valence-corrected chi connectivity index (χ1v) is 14.3. The monoisotopic (exact) mass is 566 g/mol. The van der Waals surface area contributed by atoms with Gasteiger partial charge in [0, 0.05) is 50.3 Å². The zero-order chi connectivity index (χ0) is 29.2. The second-order valence-corrected chi connectivity index (χ2v) is 10.3. The van der Waals surface area contributed by atoms with Crippen LogP contribution in [0.5, 0.6) is 0 Å². The van der Waals surface area contributed by atoms with Gasteiger partial charge in [-0.05, 0) is 26.2 Å². The lowest BCUT2D eigenvalue weighted by atomic mass is 9.95. The van der Waals surface area contributed by atoms with Crippen LogP contribution >= 0.6 is 0 Å². The van der Waals surface area contributed by atoms with E-state index >= 15 is 0 Å². The number of aromatic nitrogens is 2. The molecular formula is C29H38N6O6. The van der Waals surface area contributed by atoms with Crippen molar-refractivity contribution in [1.29, 1.82) is 0 Å². The van der Waals surface area contributed by atoms with Crippen LogP contribution in [0.1, 0.15) is 62.4 Å². The number of nitrogens with one attached hydrogen (secondary N) is 2. The summed E-state index contributed by atoms with van der Waals surface area (Å²) in [4.78, 5) is 62.5. The van der Waals surface area contributed by atoms with Crippen molar-refractivity contribution < 1.29 is 29.0 Å². The van der Waals surface area contributed by atoms with E-state index in [2.05, 4.69) is 20.6 Å². The highest BCUT2D eigenvalue weighted by molar-refractivity contribution is 5.97. The van der Waals surface area contributed by atoms with Crippen molar-refractivity contribution >= 4 is 29.7 Å². The normalized spacial score (nSPS) is 16.5. The Morgan fingerprint density at radius 2 is 1.68 bits per heavy atom. The number of nitrogens with zero attached hydrogens (tertiary/aromatic N) is 4. The molecule has 0 spiro atoms. The Kier molecular flexibility index (Phi) is 10.5. The predicted molar refractivity (Wildman–Crippen MR) is 151 cm³/mol. The van der Waals surface area contributed by atoms with Crippen LogP contribution in [0.2, 0.25) is 0 Å². The lowest BCUT2D eigenvalue weighted by molar-refractivity contribution is -0.138. The maximum absolute atomic E-state index is 13.5. The van der Waals surface area contributed by atoms with Gasteiger partial charge in [-0.3, -0.25) is 14.4 Å². The molecule has 0 bridgehead atoms. The number of hydrogen-bond acceptors (Lipinski definition) is 8. The Bertz CT molecular complexity index is 1210. The van der Waals surface area contributed by atoms with Gasteiger partial charge >= 0.3 is 12.1 Å². The zero-order valence-corrected chi connectivity index (χ0v) is 23.4. The Hall–Kier alpha value is -4.22. The number of benzene rings is 1. The molecule has 1 aromatic heterocycles. The molecule has 1 aliphatic carbocycles. The van der Waals surface area contributed by atoms with Gasteiger partial charge in [0.1, 0.15) is 17.6 Å². The molecule has 0 radical (unpaired) electrons. The molecule has 1 aromatic carbocycles. The topological polar surface area (TPSA) is 154 Å². The summed E-state index contributed by atoms with van der Waals surface area (Å²) in [5.41, 5.74) is 0.823. The largest absolute Gasteiger partial charge is 0.481 e. The van der Waals surface area contributed by atoms with E-state index in [1.165, 1.54) is 16.2 Å². The van der Waals surface area contributed by atoms with Crippen LogP contribution in [0.4, 0.5) is 10.6 Å². The van der Waals surface area contributed by atoms with Gasteiger partial charge in [0.25, 0.3) is 5.91 Å². The van der Waals surface area contributed by atoms with Crippen LogP contribution < -0.4 is 10.6 Å². The molecule has 220 valence electrons. The van der Waals surface area contributed by atoms with Gasteiger partial charge < -0.3 is 30.3 Å². The first-order valence-electron chi connectivity index (χ1n) is 14.3. The Morgan fingerprint density at radius 1 is 1.00 bits per heavy atom. The average Bonchev–Trinajstić information content (AvgIpc) is 2.99. The SMILES string of the molecule is CCOC(=O)N1CCN(C(=O)[C@H](CCC(=O)O)NC(=O)c2cc(NC3CCCCC3)nc(-c3ccccc3)n2)CC1. The van der Waals surface area contributed by atoms with Gasteiger partial charge in [-0.25, -0.2) is 14.8 Å². The summed E-state index contributed by atoms with van der Waals surface area (Å²) < 4.78 is 5.03. The number of aliphatic carboxylic acids is 1. The molecule has 2 fully saturated rings. The fourth-order valence-electron chi connectivity index (χ4n) is 5.11. The van der Waals surface area contributed by atoms with E-state index in [4.69, 9.17) is 4.74 Å². The lowest BCUT2D eigenvalue weighted by Gasteiger charge is -2.35. The summed E-state index contributed by atoms with van der Waals surface area (Å²) in [6.45, 7) is 3.05. The number of carbonyl (C=O) groups excluding carboxylic acids is 3. The summed E-state index contributed by atoms with van der Waals surface area (Å²) in [5, 5.41) is 15.5. The fourth-order valence-corrected chi connectivity index (χ4v) is 5.11. The molecule has 1 saturated carbocycles. The van der Waals surface area contributed by atoms with Crippen LogP contribution in [0.3, 0.4) is 0 Å². The van der Waals surface area contributed by atoms with E-state index in [1.807, 2.05) is 30.3 Å². The van der Waals surface area contributed by atoms with Gasteiger partial charge in [0.15, 0.2) is 5.82 Å². The highest BCUT2D eigenvalue weighted by Gasteiger charge is 2.31. The van der Waals surface area contributed by atoms with Crippen LogP contribution in [-0.4, -0.2) is 93.6 Å². The molecule has 3 N–H and O–H groups in total. The third kappa shape index (κ3) is 8.38. The standard InChI is InChI=1S/C29H38N6O6/c1-2-41-29(40)35-17-15-34(16-18-35)28(39)22(13-14-25(36)37)32-27(38)23-19-24(30-21-11-7-4-8-12-21)33-26(31-23)20-9-5-3-6-10-20/h3,5-6,9-10,19,21-22H,2,4,7-8,11-18H2,1H3,(H,32,38)(H,36,37)(H,30,31,33)/t22-/m0/s1. The lowest BCUT2D eigenvalue weighted by Crippen LogP contribution is -2.56. The van der Waals surface area contributed by atoms with E-state index in [1.54, 1.807) is 13.0 Å². The number of carbonyl (C=O) groups is 4. The van der Waals surface area contributed by atoms with Crippen LogP contribution in [0, 0.1) is 0 Å². The van der Waals surface area contributed by atoms with Crippen LogP contribution in [0.15, 0.2) is 36.4 Å². The minimum atomic E-state index is -1.07. The molecule has 12 nitrogen and oxygen atoms in total. The van der Waals surface area contributed by atoms with E-state index in [9.17, 15) is 24.3 Å². The summed E-state index contributed by atoms with van der Waals surface area (Å²) in [5.74, 6) is -1.16. The van der Waals surface area contributed by atoms with Gasteiger partial charge in [0.2, 0.25) is 5.91 Å². The summed E-state index contributed by atoms with van der Waals surface area (Å²) in [7, 11) is 0. The van der Waals surface area contributed by atoms with Crippen LogP contribution in [-0.2, 0) is 14.3 Å². The van der Waals surface area contributed by atoms with Crippen molar-refractivity contribution in [3.05, 3.63) is 42.1 Å². The van der Waals surface area contributed by atoms with Gasteiger partial charge in [-0.2, -0.15) is 0 Å². The Morgan fingerprint density at radius 3 is 2.34 bits per heavy atom. The molecule has 2 heterocycles. The fraction of sp³-hybridized carbons (Fsp3) is 0.517. The molecule has 12 heteroatoms. The number of amides is 3. The molecule has 1 saturated heterocycles. The summed E-state index contributed by atoms with van der Waals surface area (Å²) >= 11 is 0. The highest BCUT2D eigenvalue weighted by Crippen LogP contribution is 2.23. The Balaban J connectivity index is 1.52. The maximum Gasteiger partial charge on any atom is 0.409 e. The highest BCUT2D eigenvalue weighted by atomic mass is 16.6. The van der Waals surface area contributed by atoms with Gasteiger partial charge in [0.05, 0.1) is 6.61 Å². The minimum Gasteiger partial charge on any atom is -0.481 e. The third-order valence-electron chi connectivity index (χ3n) is 7.32. The molecule has 2 aromatic rings. The second-order valence-electron chi connectivity index (χ2n) is 10.3. The van der Waals surface area contributed by atoms with E-state index in [-0.39, 0.29) is 57.4 Å². The smallest absolute Gasteiger partial charge is 0.409 e. The number of anilines is 1. The minimum absolute atomic E-state index is 0.0809. The molecule has 1 atom stereocenters. The number of piperazine rings is 1. The quantitative estimate of drug-likeness (QED) is 0.393. The zero-order valence-electron chi connectivity index (χ0n) is 23.4. The number of carboxylic acids is 1. The van der Waals surface area contributed by atoms with Crippen molar-refractivity contribution in [3.8, 4) is 11.4 Å². The van der Waals surface area contributed by atoms with Gasteiger partial charge in [-0.1, -0.05) is 49.6 Å². The average molecular weight is 567 g/mol. The molecule has 41 heavy (non-hydrogen) atoms. The van der Waals surface area contributed by atoms with Gasteiger partial charge in [-0.15, -0.1) is 0 Å². The number of rotatable bonds is 10. The molecule has 0 unspecified atom stereocenters. The number of hydrogen-bond donors (Lipinski definition) is 3. The third-order valence-corrected chi connectivity index (χ3v) is 7.32. The summed E-state index contributed by atoms with van der Waals surface area (Å²) in [6, 6.07) is 10.1. The van der Waals surface area contributed by atoms with E-state index in [0.717, 1.165) is 31.2 Å². The molecule has 1 aliphatic heterocycles. The first-order chi connectivity index (χ1) is 19.8. The predicted octanol–water partition coefficient (Wildman–Crippen LogP) is 3.15. The van der Waals surface area contributed by atoms with Crippen LogP contribution in [0.25, 0.3) is 11.4 Å². The first kappa shape index (κ1) is 29.8. The molecule has 2 aliphatic rings. The Labute approximate surface area is 239 Å². The maximum atomic E-state index is 13.5. The number of carboxylic acid groups (broad SMARTS) is 1. The van der Waals surface area contributed by atoms with Crippen molar-refractivity contribution in [2.24, 2.45) is 0 Å². The number of ether oxygens (including phenoxy) is 1. The van der Waals surface area contributed by atoms with E-state index < -0.39 is 29.9 Å². The molecular weight excluding hydrogens is 528 g/mol. The molecule has 4 rings (SSSR count). The van der Waals surface area contributed by atoms with Crippen molar-refractivity contribution in [3.63, 3.8) is 0 Å².